The van der Waals surface area contributed by atoms with Crippen LogP contribution in [-0.2, 0) is 27.1 Å². The standard InChI is InChI=1S/C14H22O4.C10H14O3/c1-5-17-11(2)18-14-8-6-7-13(16-4)12(14)9-10-15-3;1-12-7-6-8-9(11)4-3-5-10(8)13-2/h6-8,11H,5,9-10H2,1-4H3;3-5,11H,6-7H2,1-2H3. The minimum absolute atomic E-state index is 0.261. The van der Waals surface area contributed by atoms with E-state index in [1.165, 1.54) is 0 Å². The first-order valence-electron chi connectivity index (χ1n) is 10.3. The average molecular weight is 437 g/mol. The minimum atomic E-state index is -0.275. The molecule has 2 rings (SSSR count). The lowest BCUT2D eigenvalue weighted by molar-refractivity contribution is -0.0619. The van der Waals surface area contributed by atoms with Gasteiger partial charge in [-0.3, -0.25) is 0 Å². The van der Waals surface area contributed by atoms with Gasteiger partial charge >= 0.3 is 0 Å². The molecule has 0 aliphatic rings. The van der Waals surface area contributed by atoms with Crippen molar-refractivity contribution >= 4 is 0 Å². The Morgan fingerprint density at radius 3 is 1.84 bits per heavy atom. The van der Waals surface area contributed by atoms with E-state index in [2.05, 4.69) is 0 Å². The third kappa shape index (κ3) is 9.04. The number of methoxy groups -OCH3 is 4. The van der Waals surface area contributed by atoms with Gasteiger partial charge in [-0.25, -0.2) is 0 Å². The van der Waals surface area contributed by atoms with E-state index in [0.717, 1.165) is 29.0 Å². The summed E-state index contributed by atoms with van der Waals surface area (Å²) in [6.45, 7) is 5.65. The molecule has 1 N–H and O–H groups in total. The van der Waals surface area contributed by atoms with Crippen LogP contribution in [0.2, 0.25) is 0 Å². The molecule has 7 heteroatoms. The molecular formula is C24H36O7. The fourth-order valence-corrected chi connectivity index (χ4v) is 2.95. The lowest BCUT2D eigenvalue weighted by Gasteiger charge is -2.18. The van der Waals surface area contributed by atoms with Gasteiger partial charge in [-0.2, -0.15) is 0 Å². The minimum Gasteiger partial charge on any atom is -0.508 e. The van der Waals surface area contributed by atoms with Crippen LogP contribution in [0.15, 0.2) is 36.4 Å². The van der Waals surface area contributed by atoms with Gasteiger partial charge in [-0.1, -0.05) is 12.1 Å². The molecule has 0 aliphatic carbocycles. The van der Waals surface area contributed by atoms with E-state index in [0.29, 0.717) is 32.0 Å². The maximum absolute atomic E-state index is 9.51. The molecule has 0 radical (unpaired) electrons. The van der Waals surface area contributed by atoms with Crippen LogP contribution in [0, 0.1) is 0 Å². The molecule has 31 heavy (non-hydrogen) atoms. The van der Waals surface area contributed by atoms with Crippen molar-refractivity contribution in [3.63, 3.8) is 0 Å². The molecule has 2 aromatic rings. The first kappa shape index (κ1) is 26.6. The van der Waals surface area contributed by atoms with Gasteiger partial charge in [0.05, 0.1) is 27.4 Å². The summed E-state index contributed by atoms with van der Waals surface area (Å²) in [5.74, 6) is 2.56. The van der Waals surface area contributed by atoms with Gasteiger partial charge in [-0.15, -0.1) is 0 Å². The largest absolute Gasteiger partial charge is 0.508 e. The van der Waals surface area contributed by atoms with E-state index in [1.54, 1.807) is 40.6 Å². The molecule has 7 nitrogen and oxygen atoms in total. The summed E-state index contributed by atoms with van der Waals surface area (Å²) >= 11 is 0. The van der Waals surface area contributed by atoms with E-state index in [-0.39, 0.29) is 12.0 Å². The zero-order valence-electron chi connectivity index (χ0n) is 19.5. The Labute approximate surface area is 185 Å². The van der Waals surface area contributed by atoms with Crippen LogP contribution >= 0.6 is 0 Å². The Morgan fingerprint density at radius 2 is 1.29 bits per heavy atom. The normalized spacial score (nSPS) is 11.3. The highest BCUT2D eigenvalue weighted by Crippen LogP contribution is 2.30. The summed E-state index contributed by atoms with van der Waals surface area (Å²) in [7, 11) is 6.55. The maximum atomic E-state index is 9.51. The molecule has 2 aromatic carbocycles. The van der Waals surface area contributed by atoms with Crippen LogP contribution in [0.4, 0.5) is 0 Å². The Hall–Kier alpha value is -2.48. The fraction of sp³-hybridized carbons (Fsp3) is 0.500. The molecule has 1 unspecified atom stereocenters. The molecule has 1 atom stereocenters. The molecule has 0 bridgehead atoms. The predicted octanol–water partition coefficient (Wildman–Crippen LogP) is 4.24. The molecule has 0 saturated heterocycles. The maximum Gasteiger partial charge on any atom is 0.196 e. The predicted molar refractivity (Wildman–Crippen MR) is 121 cm³/mol. The third-order valence-electron chi connectivity index (χ3n) is 4.44. The highest BCUT2D eigenvalue weighted by atomic mass is 16.7. The Kier molecular flexibility index (Phi) is 13.1. The molecule has 0 aromatic heterocycles. The van der Waals surface area contributed by atoms with E-state index in [9.17, 15) is 5.11 Å². The number of phenols is 1. The number of hydrogen-bond donors (Lipinski definition) is 1. The number of benzene rings is 2. The van der Waals surface area contributed by atoms with E-state index < -0.39 is 0 Å². The van der Waals surface area contributed by atoms with Crippen LogP contribution in [-0.4, -0.2) is 59.7 Å². The molecule has 0 spiro atoms. The van der Waals surface area contributed by atoms with Crippen molar-refractivity contribution in [2.75, 3.05) is 48.3 Å². The van der Waals surface area contributed by atoms with Gasteiger partial charge in [0.15, 0.2) is 6.29 Å². The molecule has 0 amide bonds. The van der Waals surface area contributed by atoms with E-state index >= 15 is 0 Å². The number of rotatable bonds is 12. The fourth-order valence-electron chi connectivity index (χ4n) is 2.95. The lowest BCUT2D eigenvalue weighted by atomic mass is 10.1. The van der Waals surface area contributed by atoms with Crippen molar-refractivity contribution in [3.8, 4) is 23.0 Å². The van der Waals surface area contributed by atoms with Gasteiger partial charge in [0, 0.05) is 44.8 Å². The van der Waals surface area contributed by atoms with Crippen molar-refractivity contribution in [2.24, 2.45) is 0 Å². The van der Waals surface area contributed by atoms with E-state index in [1.807, 2.05) is 38.1 Å². The molecule has 0 aliphatic heterocycles. The SMILES string of the molecule is CCOC(C)Oc1cccc(OC)c1CCOC.COCCc1c(O)cccc1OC. The molecular weight excluding hydrogens is 400 g/mol. The van der Waals surface area contributed by atoms with Gasteiger partial charge in [0.1, 0.15) is 23.0 Å². The zero-order valence-corrected chi connectivity index (χ0v) is 19.5. The van der Waals surface area contributed by atoms with Crippen molar-refractivity contribution in [3.05, 3.63) is 47.5 Å². The quantitative estimate of drug-likeness (QED) is 0.499. The third-order valence-corrected chi connectivity index (χ3v) is 4.44. The number of ether oxygens (including phenoxy) is 6. The number of aromatic hydroxyl groups is 1. The monoisotopic (exact) mass is 436 g/mol. The average Bonchev–Trinajstić information content (AvgIpc) is 2.77. The summed E-state index contributed by atoms with van der Waals surface area (Å²) in [6.07, 6.45) is 1.13. The summed E-state index contributed by atoms with van der Waals surface area (Å²) in [4.78, 5) is 0. The highest BCUT2D eigenvalue weighted by Gasteiger charge is 2.13. The smallest absolute Gasteiger partial charge is 0.196 e. The Morgan fingerprint density at radius 1 is 0.774 bits per heavy atom. The van der Waals surface area contributed by atoms with Crippen molar-refractivity contribution in [1.82, 2.24) is 0 Å². The van der Waals surface area contributed by atoms with E-state index in [4.69, 9.17) is 28.4 Å². The summed E-state index contributed by atoms with van der Waals surface area (Å²) in [5.41, 5.74) is 1.81. The Balaban J connectivity index is 0.000000327. The van der Waals surface area contributed by atoms with Gasteiger partial charge in [0.2, 0.25) is 0 Å². The summed E-state index contributed by atoms with van der Waals surface area (Å²) < 4.78 is 31.7. The molecule has 174 valence electrons. The zero-order chi connectivity index (χ0) is 23.1. The summed E-state index contributed by atoms with van der Waals surface area (Å²) in [5, 5.41) is 9.51. The lowest BCUT2D eigenvalue weighted by Crippen LogP contribution is -2.17. The topological polar surface area (TPSA) is 75.6 Å². The first-order valence-corrected chi connectivity index (χ1v) is 10.3. The molecule has 0 fully saturated rings. The van der Waals surface area contributed by atoms with Gasteiger partial charge in [-0.05, 0) is 38.1 Å². The molecule has 0 saturated carbocycles. The second-order valence-corrected chi connectivity index (χ2v) is 6.52. The van der Waals surface area contributed by atoms with Crippen LogP contribution in [0.5, 0.6) is 23.0 Å². The molecule has 0 heterocycles. The van der Waals surface area contributed by atoms with Crippen LogP contribution < -0.4 is 14.2 Å². The van der Waals surface area contributed by atoms with Crippen molar-refractivity contribution < 1.29 is 33.5 Å². The first-order chi connectivity index (χ1) is 15.0. The highest BCUT2D eigenvalue weighted by molar-refractivity contribution is 5.45. The number of phenolic OH excluding ortho intramolecular Hbond substituents is 1. The number of hydrogen-bond acceptors (Lipinski definition) is 7. The summed E-state index contributed by atoms with van der Waals surface area (Å²) in [6, 6.07) is 11.0. The van der Waals surface area contributed by atoms with Crippen molar-refractivity contribution in [2.45, 2.75) is 33.0 Å². The second-order valence-electron chi connectivity index (χ2n) is 6.52. The second kappa shape index (κ2) is 15.3. The van der Waals surface area contributed by atoms with Crippen LogP contribution in [0.25, 0.3) is 0 Å². The van der Waals surface area contributed by atoms with Crippen LogP contribution in [0.1, 0.15) is 25.0 Å². The van der Waals surface area contributed by atoms with Crippen molar-refractivity contribution in [1.29, 1.82) is 0 Å². The Bertz CT molecular complexity index is 749. The van der Waals surface area contributed by atoms with Crippen LogP contribution in [0.3, 0.4) is 0 Å². The van der Waals surface area contributed by atoms with Gasteiger partial charge in [0.25, 0.3) is 0 Å². The van der Waals surface area contributed by atoms with Gasteiger partial charge < -0.3 is 33.5 Å².